The number of fused-ring (bicyclic) bond motifs is 5. The Kier molecular flexibility index (Phi) is 4.53. The summed E-state index contributed by atoms with van der Waals surface area (Å²) in [6, 6.07) is 11.0. The number of H-pyrrole nitrogens is 2. The molecule has 0 unspecified atom stereocenters. The van der Waals surface area contributed by atoms with Crippen LogP contribution in [-0.2, 0) is 0 Å². The number of pyridine rings is 1. The van der Waals surface area contributed by atoms with Gasteiger partial charge in [0.05, 0.1) is 34.3 Å². The topological polar surface area (TPSA) is 94.6 Å². The number of benzene rings is 2. The van der Waals surface area contributed by atoms with Gasteiger partial charge in [-0.15, -0.1) is 0 Å². The van der Waals surface area contributed by atoms with Gasteiger partial charge in [-0.3, -0.25) is 4.79 Å². The van der Waals surface area contributed by atoms with Crippen molar-refractivity contribution in [2.75, 3.05) is 25.0 Å². The largest absolute Gasteiger partial charge is 0.379 e. The summed E-state index contributed by atoms with van der Waals surface area (Å²) in [5.41, 5.74) is 3.26. The molecule has 176 valence electrons. The van der Waals surface area contributed by atoms with Gasteiger partial charge in [-0.1, -0.05) is 12.1 Å². The van der Waals surface area contributed by atoms with Crippen molar-refractivity contribution >= 4 is 27.6 Å². The average molecular weight is 470 g/mol. The van der Waals surface area contributed by atoms with Gasteiger partial charge in [-0.25, -0.2) is 14.4 Å². The van der Waals surface area contributed by atoms with Crippen molar-refractivity contribution in [2.24, 2.45) is 5.92 Å². The van der Waals surface area contributed by atoms with Gasteiger partial charge in [0, 0.05) is 30.4 Å². The van der Waals surface area contributed by atoms with Gasteiger partial charge in [-0.2, -0.15) is 0 Å². The fraction of sp³-hybridized carbons (Fsp3) is 0.269. The molecule has 3 N–H and O–H groups in total. The molecule has 0 radical (unpaired) electrons. The van der Waals surface area contributed by atoms with E-state index in [1.807, 2.05) is 24.3 Å². The maximum atomic E-state index is 15.4. The van der Waals surface area contributed by atoms with Gasteiger partial charge in [0.1, 0.15) is 17.2 Å². The molecular formula is C26H24FN7O. The molecular weight excluding hydrogens is 445 g/mol. The lowest BCUT2D eigenvalue weighted by Crippen LogP contribution is -2.53. The third kappa shape index (κ3) is 3.34. The van der Waals surface area contributed by atoms with E-state index in [1.165, 1.54) is 12.4 Å². The first kappa shape index (κ1) is 20.4. The van der Waals surface area contributed by atoms with E-state index in [-0.39, 0.29) is 11.6 Å². The molecule has 0 spiro atoms. The molecule has 3 aliphatic rings. The van der Waals surface area contributed by atoms with E-state index in [1.54, 1.807) is 23.0 Å². The zero-order chi connectivity index (χ0) is 23.5. The molecule has 9 heteroatoms. The molecule has 6 heterocycles. The molecule has 2 bridgehead atoms. The Morgan fingerprint density at radius 3 is 2.69 bits per heavy atom. The zero-order valence-electron chi connectivity index (χ0n) is 19.0. The summed E-state index contributed by atoms with van der Waals surface area (Å²) < 4.78 is 17.0. The molecule has 1 atom stereocenters. The van der Waals surface area contributed by atoms with Gasteiger partial charge in [-0.05, 0) is 56.1 Å². The summed E-state index contributed by atoms with van der Waals surface area (Å²) in [5, 5.41) is 4.30. The van der Waals surface area contributed by atoms with E-state index in [2.05, 4.69) is 25.2 Å². The summed E-state index contributed by atoms with van der Waals surface area (Å²) in [7, 11) is 0. The van der Waals surface area contributed by atoms with Crippen molar-refractivity contribution in [3.8, 4) is 17.1 Å². The number of imidazole rings is 2. The standard InChI is InChI=1S/C26H24FN7O/c27-17-11-16-20(12-22(17)34-10-7-28-14-34)32-26(35)23(25-30-18-3-1-2-4-19(18)31-25)24(16)29-21-13-33-8-5-15(21)6-9-33/h1-4,7,10-12,14-15,21H,5-6,8-9,13H2,(H,30,31)(H2,29,32,35)/t21-/m0/s1. The van der Waals surface area contributed by atoms with Gasteiger partial charge in [0.25, 0.3) is 5.56 Å². The predicted molar refractivity (Wildman–Crippen MR) is 133 cm³/mol. The minimum Gasteiger partial charge on any atom is -0.379 e. The number of anilines is 1. The minimum absolute atomic E-state index is 0.182. The third-order valence-corrected chi connectivity index (χ3v) is 7.48. The fourth-order valence-electron chi connectivity index (χ4n) is 5.67. The van der Waals surface area contributed by atoms with Crippen molar-refractivity contribution in [3.63, 3.8) is 0 Å². The van der Waals surface area contributed by atoms with Gasteiger partial charge in [0.15, 0.2) is 0 Å². The Balaban J connectivity index is 1.45. The first-order chi connectivity index (χ1) is 17.1. The van der Waals surface area contributed by atoms with Crippen LogP contribution < -0.4 is 10.9 Å². The predicted octanol–water partition coefficient (Wildman–Crippen LogP) is 3.90. The highest BCUT2D eigenvalue weighted by molar-refractivity contribution is 6.00. The van der Waals surface area contributed by atoms with Crippen LogP contribution in [0.25, 0.3) is 39.0 Å². The van der Waals surface area contributed by atoms with Crippen LogP contribution in [0.1, 0.15) is 12.8 Å². The molecule has 0 aliphatic carbocycles. The number of hydrogen-bond donors (Lipinski definition) is 3. The number of aromatic nitrogens is 5. The maximum absolute atomic E-state index is 15.4. The summed E-state index contributed by atoms with van der Waals surface area (Å²) >= 11 is 0. The van der Waals surface area contributed by atoms with Crippen LogP contribution in [0.4, 0.5) is 10.1 Å². The monoisotopic (exact) mass is 469 g/mol. The highest BCUT2D eigenvalue weighted by Crippen LogP contribution is 2.36. The van der Waals surface area contributed by atoms with Crippen LogP contribution in [0.15, 0.2) is 59.9 Å². The smallest absolute Gasteiger partial charge is 0.261 e. The second-order valence-electron chi connectivity index (χ2n) is 9.51. The number of nitrogens with one attached hydrogen (secondary N) is 3. The lowest BCUT2D eigenvalue weighted by Gasteiger charge is -2.45. The molecule has 2 aromatic carbocycles. The van der Waals surface area contributed by atoms with E-state index in [0.717, 1.165) is 43.5 Å². The SMILES string of the molecule is O=c1[nH]c2cc(-n3ccnc3)c(F)cc2c(N[C@H]2CN3CCC2CC3)c1-c1nc2ccccc2[nH]1. The maximum Gasteiger partial charge on any atom is 0.261 e. The number of hydrogen-bond acceptors (Lipinski definition) is 5. The third-order valence-electron chi connectivity index (χ3n) is 7.48. The highest BCUT2D eigenvalue weighted by atomic mass is 19.1. The molecule has 3 fully saturated rings. The number of halogens is 1. The van der Waals surface area contributed by atoms with Crippen molar-refractivity contribution in [1.82, 2.24) is 29.4 Å². The first-order valence-electron chi connectivity index (χ1n) is 12.0. The Hall–Kier alpha value is -3.98. The summed E-state index contributed by atoms with van der Waals surface area (Å²) in [6.45, 7) is 3.13. The van der Waals surface area contributed by atoms with Crippen LogP contribution in [-0.4, -0.2) is 55.1 Å². The van der Waals surface area contributed by atoms with E-state index in [9.17, 15) is 4.79 Å². The summed E-state index contributed by atoms with van der Waals surface area (Å²) in [4.78, 5) is 31.0. The van der Waals surface area contributed by atoms with Gasteiger partial charge in [0.2, 0.25) is 0 Å². The highest BCUT2D eigenvalue weighted by Gasteiger charge is 2.35. The van der Waals surface area contributed by atoms with Crippen LogP contribution in [0, 0.1) is 11.7 Å². The normalized spacial score (nSPS) is 21.7. The Morgan fingerprint density at radius 2 is 1.94 bits per heavy atom. The van der Waals surface area contributed by atoms with Crippen molar-refractivity contribution in [2.45, 2.75) is 18.9 Å². The molecule has 35 heavy (non-hydrogen) atoms. The van der Waals surface area contributed by atoms with Crippen molar-refractivity contribution < 1.29 is 4.39 Å². The molecule has 0 amide bonds. The second-order valence-corrected chi connectivity index (χ2v) is 9.51. The lowest BCUT2D eigenvalue weighted by atomic mass is 9.83. The van der Waals surface area contributed by atoms with Crippen molar-refractivity contribution in [1.29, 1.82) is 0 Å². The van der Waals surface area contributed by atoms with Crippen molar-refractivity contribution in [3.05, 3.63) is 71.3 Å². The summed E-state index contributed by atoms with van der Waals surface area (Å²) in [6.07, 6.45) is 7.06. The zero-order valence-corrected chi connectivity index (χ0v) is 19.0. The number of nitrogens with zero attached hydrogens (tertiary/aromatic N) is 4. The van der Waals surface area contributed by atoms with E-state index < -0.39 is 5.82 Å². The Morgan fingerprint density at radius 1 is 1.09 bits per heavy atom. The fourth-order valence-corrected chi connectivity index (χ4v) is 5.67. The van der Waals surface area contributed by atoms with Gasteiger partial charge >= 0.3 is 0 Å². The lowest BCUT2D eigenvalue weighted by molar-refractivity contribution is 0.0976. The Labute approximate surface area is 199 Å². The van der Waals surface area contributed by atoms with Crippen LogP contribution in [0.5, 0.6) is 0 Å². The molecule has 8 nitrogen and oxygen atoms in total. The second kappa shape index (κ2) is 7.78. The van der Waals surface area contributed by atoms with Crippen LogP contribution in [0.3, 0.4) is 0 Å². The minimum atomic E-state index is -0.393. The molecule has 8 rings (SSSR count). The average Bonchev–Trinajstić information content (AvgIpc) is 3.55. The summed E-state index contributed by atoms with van der Waals surface area (Å²) in [5.74, 6) is 0.597. The van der Waals surface area contributed by atoms with Crippen LogP contribution in [0.2, 0.25) is 0 Å². The molecule has 3 aromatic heterocycles. The molecule has 5 aromatic rings. The number of rotatable bonds is 4. The molecule has 3 aliphatic heterocycles. The number of piperidine rings is 3. The quantitative estimate of drug-likeness (QED) is 0.371. The Bertz CT molecular complexity index is 1580. The number of para-hydroxylation sites is 2. The van der Waals surface area contributed by atoms with Crippen LogP contribution >= 0.6 is 0 Å². The molecule has 0 saturated carbocycles. The van der Waals surface area contributed by atoms with E-state index >= 15 is 4.39 Å². The first-order valence-corrected chi connectivity index (χ1v) is 12.0. The van der Waals surface area contributed by atoms with E-state index in [4.69, 9.17) is 4.98 Å². The number of aromatic amines is 2. The van der Waals surface area contributed by atoms with Gasteiger partial charge < -0.3 is 24.8 Å². The molecule has 3 saturated heterocycles. The van der Waals surface area contributed by atoms with E-state index in [0.29, 0.717) is 39.6 Å².